The van der Waals surface area contributed by atoms with Crippen molar-refractivity contribution in [3.63, 3.8) is 0 Å². The molecule has 0 bridgehead atoms. The second-order valence-electron chi connectivity index (χ2n) is 8.29. The lowest BCUT2D eigenvalue weighted by Gasteiger charge is -2.26. The summed E-state index contributed by atoms with van der Waals surface area (Å²) >= 11 is 0. The fraction of sp³-hybridized carbons (Fsp3) is 0.240. The molecular weight excluding hydrogens is 482 g/mol. The van der Waals surface area contributed by atoms with E-state index in [4.69, 9.17) is 9.84 Å². The van der Waals surface area contributed by atoms with Crippen LogP contribution in [0.2, 0.25) is 0 Å². The molecule has 188 valence electrons. The van der Waals surface area contributed by atoms with Gasteiger partial charge in [-0.25, -0.2) is 9.37 Å². The summed E-state index contributed by atoms with van der Waals surface area (Å²) < 4.78 is 59.2. The number of rotatable bonds is 7. The number of nitrogens with zero attached hydrogens (tertiary/aromatic N) is 2. The van der Waals surface area contributed by atoms with E-state index in [1.807, 2.05) is 0 Å². The third-order valence-electron chi connectivity index (χ3n) is 5.86. The van der Waals surface area contributed by atoms with Gasteiger partial charge in [-0.1, -0.05) is 18.2 Å². The van der Waals surface area contributed by atoms with Crippen LogP contribution in [-0.4, -0.2) is 34.8 Å². The number of fused-ring (bicyclic) bond motifs is 1. The third-order valence-corrected chi connectivity index (χ3v) is 5.86. The summed E-state index contributed by atoms with van der Waals surface area (Å²) in [5.41, 5.74) is 2.06. The Balaban J connectivity index is 1.65. The molecule has 1 atom stereocenters. The van der Waals surface area contributed by atoms with Crippen LogP contribution in [0.3, 0.4) is 0 Å². The summed E-state index contributed by atoms with van der Waals surface area (Å²) in [6, 6.07) is 11.7. The van der Waals surface area contributed by atoms with Gasteiger partial charge in [0.2, 0.25) is 0 Å². The summed E-state index contributed by atoms with van der Waals surface area (Å²) in [6.45, 7) is 1.37. The molecule has 2 N–H and O–H groups in total. The van der Waals surface area contributed by atoms with Gasteiger partial charge in [0.05, 0.1) is 25.8 Å². The van der Waals surface area contributed by atoms with Gasteiger partial charge in [0, 0.05) is 28.9 Å². The summed E-state index contributed by atoms with van der Waals surface area (Å²) in [4.78, 5) is 28.0. The van der Waals surface area contributed by atoms with Gasteiger partial charge in [-0.3, -0.25) is 9.59 Å². The lowest BCUT2D eigenvalue weighted by atomic mass is 9.97. The second-order valence-corrected chi connectivity index (χ2v) is 8.29. The highest BCUT2D eigenvalue weighted by molar-refractivity contribution is 5.97. The van der Waals surface area contributed by atoms with E-state index >= 15 is 0 Å². The number of alkyl halides is 3. The number of carboxylic acids is 1. The number of carbonyl (C=O) groups excluding carboxylic acids is 1. The summed E-state index contributed by atoms with van der Waals surface area (Å²) in [6.07, 6.45) is -4.28. The number of benzene rings is 2. The van der Waals surface area contributed by atoms with E-state index in [1.165, 1.54) is 30.3 Å². The first kappa shape index (κ1) is 25.0. The van der Waals surface area contributed by atoms with Crippen molar-refractivity contribution in [2.24, 2.45) is 0 Å². The van der Waals surface area contributed by atoms with Crippen molar-refractivity contribution < 1.29 is 37.0 Å². The molecule has 1 aliphatic rings. The van der Waals surface area contributed by atoms with Crippen molar-refractivity contribution in [2.45, 2.75) is 32.0 Å². The Morgan fingerprint density at radius 1 is 1.19 bits per heavy atom. The first-order valence-electron chi connectivity index (χ1n) is 10.9. The number of nitrogens with one attached hydrogen (secondary N) is 1. The van der Waals surface area contributed by atoms with Gasteiger partial charge in [0.15, 0.2) is 0 Å². The Morgan fingerprint density at radius 3 is 2.64 bits per heavy atom. The molecule has 0 saturated carbocycles. The van der Waals surface area contributed by atoms with Crippen LogP contribution in [0.25, 0.3) is 0 Å². The molecule has 4 rings (SSSR count). The molecule has 1 aliphatic heterocycles. The monoisotopic (exact) mass is 503 g/mol. The Hall–Kier alpha value is -4.15. The van der Waals surface area contributed by atoms with E-state index in [0.717, 1.165) is 6.20 Å². The van der Waals surface area contributed by atoms with Crippen LogP contribution in [0.5, 0.6) is 5.75 Å². The molecule has 36 heavy (non-hydrogen) atoms. The molecule has 7 nitrogen and oxygen atoms in total. The normalized spacial score (nSPS) is 14.6. The minimum atomic E-state index is -5.13. The van der Waals surface area contributed by atoms with Gasteiger partial charge in [0.25, 0.3) is 0 Å². The molecule has 3 aromatic rings. The van der Waals surface area contributed by atoms with Crippen LogP contribution in [0.1, 0.15) is 29.0 Å². The minimum Gasteiger partial charge on any atom is -0.493 e. The summed E-state index contributed by atoms with van der Waals surface area (Å²) in [7, 11) is 0. The van der Waals surface area contributed by atoms with Gasteiger partial charge in [-0.2, -0.15) is 13.2 Å². The van der Waals surface area contributed by atoms with Gasteiger partial charge in [-0.15, -0.1) is 0 Å². The molecule has 1 amide bonds. The average Bonchev–Trinajstić information content (AvgIpc) is 3.21. The van der Waals surface area contributed by atoms with Gasteiger partial charge in [-0.05, 0) is 42.3 Å². The van der Waals surface area contributed by atoms with E-state index < -0.39 is 36.3 Å². The number of anilines is 3. The number of carboxylic acid groups (broad SMARTS) is 1. The number of ether oxygens (including phenoxy) is 1. The van der Waals surface area contributed by atoms with Crippen molar-refractivity contribution >= 4 is 29.1 Å². The fourth-order valence-electron chi connectivity index (χ4n) is 3.99. The molecule has 0 fully saturated rings. The van der Waals surface area contributed by atoms with Crippen LogP contribution in [0, 0.1) is 12.7 Å². The van der Waals surface area contributed by atoms with Gasteiger partial charge < -0.3 is 20.1 Å². The number of aliphatic carboxylic acids is 1. The second kappa shape index (κ2) is 9.84. The van der Waals surface area contributed by atoms with Crippen molar-refractivity contribution in [2.75, 3.05) is 16.8 Å². The minimum absolute atomic E-state index is 0.0370. The molecule has 0 radical (unpaired) electrons. The van der Waals surface area contributed by atoms with E-state index in [1.54, 1.807) is 25.1 Å². The molecule has 0 unspecified atom stereocenters. The third kappa shape index (κ3) is 5.40. The summed E-state index contributed by atoms with van der Waals surface area (Å²) in [5.74, 6) is -3.43. The highest BCUT2D eigenvalue weighted by Gasteiger charge is 2.43. The highest BCUT2D eigenvalue weighted by atomic mass is 19.4. The predicted molar refractivity (Wildman–Crippen MR) is 123 cm³/mol. The Morgan fingerprint density at radius 2 is 1.97 bits per heavy atom. The molecule has 0 aliphatic carbocycles. The molecule has 2 heterocycles. The van der Waals surface area contributed by atoms with Crippen molar-refractivity contribution in [1.82, 2.24) is 4.98 Å². The smallest absolute Gasteiger partial charge is 0.471 e. The zero-order valence-electron chi connectivity index (χ0n) is 19.0. The lowest BCUT2D eigenvalue weighted by molar-refractivity contribution is -0.170. The number of pyridine rings is 1. The number of amides is 1. The quantitative estimate of drug-likeness (QED) is 0.424. The number of hydrogen-bond donors (Lipinski definition) is 2. The predicted octanol–water partition coefficient (Wildman–Crippen LogP) is 5.32. The molecule has 1 aromatic heterocycles. The van der Waals surface area contributed by atoms with Gasteiger partial charge in [0.1, 0.15) is 17.4 Å². The Kier molecular flexibility index (Phi) is 6.82. The maximum absolute atomic E-state index is 13.5. The van der Waals surface area contributed by atoms with Crippen LogP contribution in [0.4, 0.5) is 34.8 Å². The standard InChI is InChI=1S/C25H21F4N3O4/c1-14-15(3-2-4-20(14)31-22-8-5-17(26)11-30-22)12-32(24(35)25(27,28)29)18-6-7-19-16(9-23(33)34)13-36-21(19)10-18/h2-8,10-11,16H,9,12-13H2,1H3,(H,30,31)(H,33,34)/t16-/m1/s1. The van der Waals surface area contributed by atoms with E-state index in [0.29, 0.717) is 33.1 Å². The molecule has 0 spiro atoms. The number of halogens is 4. The lowest BCUT2D eigenvalue weighted by Crippen LogP contribution is -2.41. The first-order valence-corrected chi connectivity index (χ1v) is 10.9. The Bertz CT molecular complexity index is 1300. The highest BCUT2D eigenvalue weighted by Crippen LogP contribution is 2.39. The maximum atomic E-state index is 13.5. The molecule has 2 aromatic carbocycles. The van der Waals surface area contributed by atoms with Crippen molar-refractivity contribution in [1.29, 1.82) is 0 Å². The SMILES string of the molecule is Cc1c(CN(C(=O)C(F)(F)F)c2ccc3c(c2)OC[C@H]3CC(=O)O)cccc1Nc1ccc(F)cn1. The van der Waals surface area contributed by atoms with E-state index in [-0.39, 0.29) is 24.5 Å². The topological polar surface area (TPSA) is 91.8 Å². The van der Waals surface area contributed by atoms with Crippen molar-refractivity contribution in [3.8, 4) is 5.75 Å². The zero-order valence-corrected chi connectivity index (χ0v) is 19.0. The average molecular weight is 503 g/mol. The first-order chi connectivity index (χ1) is 17.0. The molecule has 0 saturated heterocycles. The number of hydrogen-bond acceptors (Lipinski definition) is 5. The van der Waals surface area contributed by atoms with Crippen LogP contribution in [0.15, 0.2) is 54.7 Å². The van der Waals surface area contributed by atoms with Crippen LogP contribution >= 0.6 is 0 Å². The Labute approximate surface area is 203 Å². The largest absolute Gasteiger partial charge is 0.493 e. The van der Waals surface area contributed by atoms with E-state index in [9.17, 15) is 27.2 Å². The van der Waals surface area contributed by atoms with Crippen LogP contribution < -0.4 is 15.0 Å². The summed E-state index contributed by atoms with van der Waals surface area (Å²) in [5, 5.41) is 12.1. The molecular formula is C25H21F4N3O4. The van der Waals surface area contributed by atoms with Crippen LogP contribution in [-0.2, 0) is 16.1 Å². The zero-order chi connectivity index (χ0) is 26.0. The number of aromatic nitrogens is 1. The number of carbonyl (C=O) groups is 2. The fourth-order valence-corrected chi connectivity index (χ4v) is 3.99. The molecule has 11 heteroatoms. The van der Waals surface area contributed by atoms with Gasteiger partial charge >= 0.3 is 18.1 Å². The van der Waals surface area contributed by atoms with E-state index in [2.05, 4.69) is 10.3 Å². The van der Waals surface area contributed by atoms with Crippen molar-refractivity contribution in [3.05, 3.63) is 77.2 Å². The maximum Gasteiger partial charge on any atom is 0.471 e.